The number of rotatable bonds is 6. The van der Waals surface area contributed by atoms with Crippen LogP contribution in [0.15, 0.2) is 48.9 Å². The lowest BCUT2D eigenvalue weighted by molar-refractivity contribution is -0.00254. The fourth-order valence-corrected chi connectivity index (χ4v) is 8.49. The number of carbonyl (C=O) groups excluding carboxylic acids is 1. The second-order valence-electron chi connectivity index (χ2n) is 11.7. The van der Waals surface area contributed by atoms with E-state index in [0.29, 0.717) is 28.9 Å². The Morgan fingerprint density at radius 3 is 3.00 bits per heavy atom. The zero-order valence-corrected chi connectivity index (χ0v) is 20.0. The maximum atomic E-state index is 13.4. The summed E-state index contributed by atoms with van der Waals surface area (Å²) in [6.45, 7) is 1.16. The molecule has 182 valence electrons. The number of carbonyl (C=O) groups is 1. The lowest BCUT2D eigenvalue weighted by Gasteiger charge is -2.49. The van der Waals surface area contributed by atoms with E-state index in [-0.39, 0.29) is 5.91 Å². The van der Waals surface area contributed by atoms with Crippen LogP contribution in [-0.2, 0) is 6.54 Å². The van der Waals surface area contributed by atoms with Crippen molar-refractivity contribution in [1.82, 2.24) is 39.9 Å². The van der Waals surface area contributed by atoms with Crippen molar-refractivity contribution in [3.63, 3.8) is 0 Å². The highest BCUT2D eigenvalue weighted by molar-refractivity contribution is 5.93. The number of imidazole rings is 1. The average molecular weight is 481 g/mol. The number of fused-ring (bicyclic) bond motifs is 3. The molecule has 0 radical (unpaired) electrons. The molecular formula is C27H28N8O. The van der Waals surface area contributed by atoms with Crippen LogP contribution in [-0.4, -0.2) is 47.0 Å². The van der Waals surface area contributed by atoms with Gasteiger partial charge < -0.3 is 5.32 Å². The van der Waals surface area contributed by atoms with E-state index in [1.807, 2.05) is 40.9 Å². The molecule has 4 aliphatic carbocycles. The van der Waals surface area contributed by atoms with Crippen LogP contribution in [0.4, 0.5) is 0 Å². The van der Waals surface area contributed by atoms with Crippen LogP contribution in [0.3, 0.4) is 0 Å². The summed E-state index contributed by atoms with van der Waals surface area (Å²) in [6.07, 6.45) is 13.6. The lowest BCUT2D eigenvalue weighted by atomic mass is 9.55. The lowest BCUT2D eigenvalue weighted by Crippen LogP contribution is -2.43. The first-order chi connectivity index (χ1) is 17.6. The fraction of sp³-hybridized carbons (Fsp3) is 0.481. The van der Waals surface area contributed by atoms with E-state index < -0.39 is 0 Å². The summed E-state index contributed by atoms with van der Waals surface area (Å²) in [5.74, 6) is 3.27. The van der Waals surface area contributed by atoms with E-state index in [2.05, 4.69) is 25.7 Å². The van der Waals surface area contributed by atoms with Gasteiger partial charge in [0.25, 0.3) is 5.91 Å². The summed E-state index contributed by atoms with van der Waals surface area (Å²) in [7, 11) is 0. The molecule has 9 heteroatoms. The Balaban J connectivity index is 1.00. The number of amides is 1. The smallest absolute Gasteiger partial charge is 0.268 e. The Morgan fingerprint density at radius 1 is 1.11 bits per heavy atom. The predicted molar refractivity (Wildman–Crippen MR) is 131 cm³/mol. The van der Waals surface area contributed by atoms with Crippen molar-refractivity contribution in [2.75, 3.05) is 6.54 Å². The zero-order chi connectivity index (χ0) is 23.9. The third-order valence-electron chi connectivity index (χ3n) is 9.66. The van der Waals surface area contributed by atoms with Gasteiger partial charge in [0, 0.05) is 30.7 Å². The van der Waals surface area contributed by atoms with E-state index in [4.69, 9.17) is 4.98 Å². The number of aromatic nitrogens is 7. The van der Waals surface area contributed by atoms with Crippen molar-refractivity contribution in [2.24, 2.45) is 28.6 Å². The number of tetrazole rings is 1. The SMILES string of the molecule is O=C(NCC12CC3CC4CC(C1)C4(C3)C2)c1cccc2nc(Cn3nnc(-c4cccnc4)n3)cn12. The van der Waals surface area contributed by atoms with Crippen LogP contribution in [0.25, 0.3) is 17.0 Å². The fourth-order valence-electron chi connectivity index (χ4n) is 8.49. The molecule has 4 aromatic heterocycles. The molecule has 0 saturated heterocycles. The first kappa shape index (κ1) is 20.6. The van der Waals surface area contributed by atoms with Crippen molar-refractivity contribution in [3.8, 4) is 11.4 Å². The van der Waals surface area contributed by atoms with Gasteiger partial charge in [-0.05, 0) is 96.6 Å². The van der Waals surface area contributed by atoms with Crippen LogP contribution >= 0.6 is 0 Å². The highest BCUT2D eigenvalue weighted by atomic mass is 16.1. The van der Waals surface area contributed by atoms with Gasteiger partial charge in [-0.3, -0.25) is 14.2 Å². The van der Waals surface area contributed by atoms with Gasteiger partial charge in [0.1, 0.15) is 17.9 Å². The molecule has 4 fully saturated rings. The van der Waals surface area contributed by atoms with Gasteiger partial charge >= 0.3 is 0 Å². The molecule has 9 nitrogen and oxygen atoms in total. The van der Waals surface area contributed by atoms with Gasteiger partial charge in [0.15, 0.2) is 0 Å². The van der Waals surface area contributed by atoms with Gasteiger partial charge in [0.2, 0.25) is 5.82 Å². The molecule has 3 bridgehead atoms. The largest absolute Gasteiger partial charge is 0.350 e. The van der Waals surface area contributed by atoms with Crippen molar-refractivity contribution in [2.45, 2.75) is 45.1 Å². The first-order valence-corrected chi connectivity index (χ1v) is 13.0. The summed E-state index contributed by atoms with van der Waals surface area (Å²) in [5.41, 5.74) is 3.88. The summed E-state index contributed by atoms with van der Waals surface area (Å²) < 4.78 is 1.87. The van der Waals surface area contributed by atoms with Gasteiger partial charge in [-0.25, -0.2) is 4.98 Å². The molecule has 4 saturated carbocycles. The highest BCUT2D eigenvalue weighted by Crippen LogP contribution is 2.78. The minimum Gasteiger partial charge on any atom is -0.350 e. The van der Waals surface area contributed by atoms with Crippen LogP contribution in [0.1, 0.15) is 54.7 Å². The summed E-state index contributed by atoms with van der Waals surface area (Å²) >= 11 is 0. The molecule has 1 amide bonds. The third-order valence-corrected chi connectivity index (χ3v) is 9.66. The first-order valence-electron chi connectivity index (χ1n) is 13.0. The van der Waals surface area contributed by atoms with Crippen LogP contribution in [0.2, 0.25) is 0 Å². The summed E-state index contributed by atoms with van der Waals surface area (Å²) in [4.78, 5) is 23.7. The van der Waals surface area contributed by atoms with Gasteiger partial charge in [-0.1, -0.05) is 6.07 Å². The molecule has 5 unspecified atom stereocenters. The van der Waals surface area contributed by atoms with Crippen LogP contribution in [0, 0.1) is 28.6 Å². The Labute approximate surface area is 208 Å². The summed E-state index contributed by atoms with van der Waals surface area (Å²) in [5, 5.41) is 16.1. The second kappa shape index (κ2) is 7.21. The maximum Gasteiger partial charge on any atom is 0.268 e. The number of nitrogens with one attached hydrogen (secondary N) is 1. The quantitative estimate of drug-likeness (QED) is 0.454. The van der Waals surface area contributed by atoms with Gasteiger partial charge in [-0.15, -0.1) is 10.2 Å². The zero-order valence-electron chi connectivity index (χ0n) is 20.0. The second-order valence-corrected chi connectivity index (χ2v) is 11.7. The molecule has 0 aliphatic heterocycles. The van der Waals surface area contributed by atoms with E-state index in [1.54, 1.807) is 12.4 Å². The molecule has 8 rings (SSSR count). The van der Waals surface area contributed by atoms with Crippen LogP contribution < -0.4 is 5.32 Å². The highest BCUT2D eigenvalue weighted by Gasteiger charge is 2.70. The number of nitrogens with zero attached hydrogens (tertiary/aromatic N) is 7. The minimum atomic E-state index is -0.0251. The van der Waals surface area contributed by atoms with Gasteiger partial charge in [0.05, 0.1) is 5.69 Å². The molecule has 5 atom stereocenters. The van der Waals surface area contributed by atoms with Gasteiger partial charge in [-0.2, -0.15) is 4.80 Å². The molecule has 4 aliphatic rings. The molecule has 0 aromatic carbocycles. The molecular weight excluding hydrogens is 452 g/mol. The number of hydrogen-bond donors (Lipinski definition) is 1. The Morgan fingerprint density at radius 2 is 2.08 bits per heavy atom. The Kier molecular flexibility index (Phi) is 4.12. The van der Waals surface area contributed by atoms with Crippen molar-refractivity contribution in [3.05, 3.63) is 60.3 Å². The van der Waals surface area contributed by atoms with Crippen LogP contribution in [0.5, 0.6) is 0 Å². The Hall–Kier alpha value is -3.62. The minimum absolute atomic E-state index is 0.0251. The van der Waals surface area contributed by atoms with Crippen molar-refractivity contribution in [1.29, 1.82) is 0 Å². The monoisotopic (exact) mass is 480 g/mol. The number of hydrogen-bond acceptors (Lipinski definition) is 6. The van der Waals surface area contributed by atoms with E-state index >= 15 is 0 Å². The molecule has 1 spiro atoms. The topological polar surface area (TPSA) is 103 Å². The standard InChI is InChI=1S/C27H28N8O/c36-25(29-16-26-9-17-7-19-8-20(11-26)27(19,10-17)15-26)22-4-1-5-23-30-21(13-34(22)23)14-35-32-24(31-33-35)18-3-2-6-28-12-18/h1-6,12-13,17,19-20H,7-11,14-16H2,(H,29,36). The molecule has 36 heavy (non-hydrogen) atoms. The third kappa shape index (κ3) is 2.94. The molecule has 4 aromatic rings. The average Bonchev–Trinajstić information content (AvgIpc) is 3.61. The van der Waals surface area contributed by atoms with E-state index in [9.17, 15) is 4.79 Å². The number of pyridine rings is 2. The van der Waals surface area contributed by atoms with E-state index in [1.165, 1.54) is 43.3 Å². The molecule has 4 heterocycles. The van der Waals surface area contributed by atoms with E-state index in [0.717, 1.165) is 41.2 Å². The predicted octanol–water partition coefficient (Wildman–Crippen LogP) is 3.38. The van der Waals surface area contributed by atoms with Crippen molar-refractivity contribution >= 4 is 11.6 Å². The normalized spacial score (nSPS) is 31.5. The maximum absolute atomic E-state index is 13.4. The Bertz CT molecular complexity index is 1490. The summed E-state index contributed by atoms with van der Waals surface area (Å²) in [6, 6.07) is 9.43. The van der Waals surface area contributed by atoms with Crippen molar-refractivity contribution < 1.29 is 4.79 Å². The molecule has 1 N–H and O–H groups in total.